The fourth-order valence-corrected chi connectivity index (χ4v) is 2.57. The lowest BCUT2D eigenvalue weighted by Crippen LogP contribution is -2.17. The first kappa shape index (κ1) is 17.1. The fourth-order valence-electron chi connectivity index (χ4n) is 2.57. The van der Waals surface area contributed by atoms with E-state index < -0.39 is 0 Å². The maximum absolute atomic E-state index is 12.0. The first-order valence-electron chi connectivity index (χ1n) is 7.86. The Bertz CT molecular complexity index is 333. The lowest BCUT2D eigenvalue weighted by Gasteiger charge is -2.16. The molecule has 3 heteroatoms. The van der Waals surface area contributed by atoms with E-state index in [1.807, 2.05) is 13.0 Å². The monoisotopic (exact) mass is 280 g/mol. The summed E-state index contributed by atoms with van der Waals surface area (Å²) >= 11 is 0. The highest BCUT2D eigenvalue weighted by atomic mass is 16.5. The van der Waals surface area contributed by atoms with Crippen LogP contribution in [0.3, 0.4) is 0 Å². The van der Waals surface area contributed by atoms with Crippen LogP contribution in [0, 0.1) is 11.8 Å². The van der Waals surface area contributed by atoms with Gasteiger partial charge in [0.1, 0.15) is 11.6 Å². The minimum Gasteiger partial charge on any atom is -0.377 e. The van der Waals surface area contributed by atoms with Crippen LogP contribution in [-0.4, -0.2) is 24.8 Å². The Hall–Kier alpha value is -0.960. The Labute approximate surface area is 122 Å². The maximum Gasteiger partial charge on any atom is 0.135 e. The van der Waals surface area contributed by atoms with Crippen LogP contribution in [0.15, 0.2) is 12.2 Å². The minimum atomic E-state index is 0.0761. The predicted octanol–water partition coefficient (Wildman–Crippen LogP) is 3.71. The molecule has 0 aromatic carbocycles. The van der Waals surface area contributed by atoms with Gasteiger partial charge in [-0.3, -0.25) is 9.59 Å². The van der Waals surface area contributed by atoms with Gasteiger partial charge in [-0.25, -0.2) is 0 Å². The molecular formula is C17H28O3. The van der Waals surface area contributed by atoms with E-state index in [-0.39, 0.29) is 17.5 Å². The molecule has 0 fully saturated rings. The third kappa shape index (κ3) is 7.59. The fraction of sp³-hybridized carbons (Fsp3) is 0.765. The number of carbonyl (C=O) groups excluding carboxylic acids is 2. The van der Waals surface area contributed by atoms with Gasteiger partial charge in [-0.05, 0) is 31.6 Å². The van der Waals surface area contributed by atoms with Crippen LogP contribution >= 0.6 is 0 Å². The summed E-state index contributed by atoms with van der Waals surface area (Å²) < 4.78 is 5.59. The number of ketones is 2. The van der Waals surface area contributed by atoms with Crippen LogP contribution in [0.25, 0.3) is 0 Å². The molecule has 1 aliphatic heterocycles. The van der Waals surface area contributed by atoms with Gasteiger partial charge in [0.05, 0.1) is 6.61 Å². The average Bonchev–Trinajstić information content (AvgIpc) is 2.40. The van der Waals surface area contributed by atoms with Gasteiger partial charge in [-0.1, -0.05) is 26.0 Å². The number of allylic oxidation sites excluding steroid dienone is 1. The molecule has 0 N–H and O–H groups in total. The van der Waals surface area contributed by atoms with Gasteiger partial charge in [0.2, 0.25) is 0 Å². The van der Waals surface area contributed by atoms with E-state index in [1.54, 1.807) is 0 Å². The third-order valence-electron chi connectivity index (χ3n) is 3.79. The van der Waals surface area contributed by atoms with E-state index in [1.165, 1.54) is 0 Å². The summed E-state index contributed by atoms with van der Waals surface area (Å²) in [6.45, 7) is 5.45. The van der Waals surface area contributed by atoms with Crippen molar-refractivity contribution in [3.05, 3.63) is 12.2 Å². The maximum atomic E-state index is 12.0. The minimum absolute atomic E-state index is 0.0761. The molecule has 0 aromatic heterocycles. The molecule has 114 valence electrons. The number of hydrogen-bond acceptors (Lipinski definition) is 3. The van der Waals surface area contributed by atoms with Gasteiger partial charge >= 0.3 is 0 Å². The van der Waals surface area contributed by atoms with E-state index in [0.717, 1.165) is 19.3 Å². The zero-order valence-electron chi connectivity index (χ0n) is 12.9. The highest BCUT2D eigenvalue weighted by Crippen LogP contribution is 2.16. The van der Waals surface area contributed by atoms with Crippen LogP contribution in [0.1, 0.15) is 58.8 Å². The van der Waals surface area contributed by atoms with Crippen molar-refractivity contribution in [3.8, 4) is 0 Å². The van der Waals surface area contributed by atoms with Crippen molar-refractivity contribution in [2.75, 3.05) is 13.2 Å². The second-order valence-corrected chi connectivity index (χ2v) is 6.00. The molecular weight excluding hydrogens is 252 g/mol. The smallest absolute Gasteiger partial charge is 0.135 e. The predicted molar refractivity (Wildman–Crippen MR) is 80.6 cm³/mol. The van der Waals surface area contributed by atoms with Crippen LogP contribution in [0.4, 0.5) is 0 Å². The van der Waals surface area contributed by atoms with E-state index in [4.69, 9.17) is 4.74 Å². The summed E-state index contributed by atoms with van der Waals surface area (Å²) in [5, 5.41) is 0. The summed E-state index contributed by atoms with van der Waals surface area (Å²) in [5.74, 6) is 1.05. The molecule has 1 aliphatic rings. The summed E-state index contributed by atoms with van der Waals surface area (Å²) in [7, 11) is 0. The quantitative estimate of drug-likeness (QED) is 0.635. The molecule has 1 heterocycles. The van der Waals surface area contributed by atoms with Crippen molar-refractivity contribution < 1.29 is 14.3 Å². The second kappa shape index (κ2) is 9.87. The van der Waals surface area contributed by atoms with Crippen molar-refractivity contribution in [2.45, 2.75) is 58.8 Å². The molecule has 2 atom stereocenters. The van der Waals surface area contributed by atoms with Crippen LogP contribution in [0.2, 0.25) is 0 Å². The van der Waals surface area contributed by atoms with Gasteiger partial charge in [0, 0.05) is 31.8 Å². The van der Waals surface area contributed by atoms with Crippen LogP contribution in [-0.2, 0) is 14.3 Å². The second-order valence-electron chi connectivity index (χ2n) is 6.00. The first-order valence-corrected chi connectivity index (χ1v) is 7.86. The third-order valence-corrected chi connectivity index (χ3v) is 3.79. The van der Waals surface area contributed by atoms with Crippen molar-refractivity contribution >= 4 is 11.6 Å². The van der Waals surface area contributed by atoms with Crippen molar-refractivity contribution in [1.82, 2.24) is 0 Å². The lowest BCUT2D eigenvalue weighted by atomic mass is 9.91. The molecule has 3 nitrogen and oxygen atoms in total. The van der Waals surface area contributed by atoms with E-state index in [9.17, 15) is 9.59 Å². The SMILES string of the molecule is CC1COCC=CCCCC(=O)CCCC(=O)C(C)C1. The molecule has 0 saturated carbocycles. The number of carbonyl (C=O) groups is 2. The van der Waals surface area contributed by atoms with Crippen molar-refractivity contribution in [3.63, 3.8) is 0 Å². The zero-order valence-corrected chi connectivity index (χ0v) is 12.9. The number of rotatable bonds is 0. The molecule has 0 spiro atoms. The molecule has 0 aliphatic carbocycles. The van der Waals surface area contributed by atoms with Gasteiger partial charge in [0.25, 0.3) is 0 Å². The molecule has 20 heavy (non-hydrogen) atoms. The lowest BCUT2D eigenvalue weighted by molar-refractivity contribution is -0.123. The molecule has 0 amide bonds. The first-order chi connectivity index (χ1) is 9.59. The summed E-state index contributed by atoms with van der Waals surface area (Å²) in [6, 6.07) is 0. The van der Waals surface area contributed by atoms with Gasteiger partial charge in [-0.15, -0.1) is 0 Å². The zero-order chi connectivity index (χ0) is 14.8. The normalized spacial score (nSPS) is 28.5. The Kier molecular flexibility index (Phi) is 8.43. The van der Waals surface area contributed by atoms with Crippen molar-refractivity contribution in [2.24, 2.45) is 11.8 Å². The highest BCUT2D eigenvalue weighted by molar-refractivity contribution is 5.82. The van der Waals surface area contributed by atoms with Crippen LogP contribution in [0.5, 0.6) is 0 Å². The summed E-state index contributed by atoms with van der Waals surface area (Å²) in [4.78, 5) is 23.7. The van der Waals surface area contributed by atoms with E-state index in [0.29, 0.717) is 44.8 Å². The van der Waals surface area contributed by atoms with Crippen LogP contribution < -0.4 is 0 Å². The Morgan fingerprint density at radius 2 is 1.80 bits per heavy atom. The summed E-state index contributed by atoms with van der Waals surface area (Å²) in [5.41, 5.74) is 0. The molecule has 0 bridgehead atoms. The van der Waals surface area contributed by atoms with E-state index in [2.05, 4.69) is 13.0 Å². The molecule has 0 radical (unpaired) electrons. The Morgan fingerprint density at radius 3 is 2.60 bits per heavy atom. The molecule has 2 unspecified atom stereocenters. The largest absolute Gasteiger partial charge is 0.377 e. The van der Waals surface area contributed by atoms with Crippen molar-refractivity contribution in [1.29, 1.82) is 0 Å². The molecule has 1 rings (SSSR count). The standard InChI is InChI=1S/C17H28O3/c1-14-12-15(2)17(19)10-7-9-16(18)8-5-3-4-6-11-20-13-14/h4,6,14-15H,3,5,7-13H2,1-2H3. The molecule has 0 aromatic rings. The number of ether oxygens (including phenoxy) is 1. The number of Topliss-reactive ketones (excluding diaryl/α,β-unsaturated/α-hetero) is 2. The number of hydrogen-bond donors (Lipinski definition) is 0. The average molecular weight is 280 g/mol. The van der Waals surface area contributed by atoms with E-state index >= 15 is 0 Å². The van der Waals surface area contributed by atoms with Gasteiger partial charge in [0.15, 0.2) is 0 Å². The highest BCUT2D eigenvalue weighted by Gasteiger charge is 2.16. The Morgan fingerprint density at radius 1 is 1.05 bits per heavy atom. The van der Waals surface area contributed by atoms with Gasteiger partial charge < -0.3 is 4.74 Å². The molecule has 0 saturated heterocycles. The van der Waals surface area contributed by atoms with Gasteiger partial charge in [-0.2, -0.15) is 0 Å². The topological polar surface area (TPSA) is 43.4 Å². The summed E-state index contributed by atoms with van der Waals surface area (Å²) in [6.07, 6.45) is 9.26. The Balaban J connectivity index is 2.48.